The van der Waals surface area contributed by atoms with Crippen LogP contribution in [0, 0.1) is 0 Å². The van der Waals surface area contributed by atoms with Crippen molar-refractivity contribution >= 4 is 36.3 Å². The maximum atomic E-state index is 4.90. The first-order chi connectivity index (χ1) is 5.35. The van der Waals surface area contributed by atoms with E-state index in [0.717, 1.165) is 5.75 Å². The molecule has 1 heterocycles. The van der Waals surface area contributed by atoms with Gasteiger partial charge in [0.1, 0.15) is 5.75 Å². The molecule has 0 bridgehead atoms. The third-order valence-electron chi connectivity index (χ3n) is 0.870. The topological polar surface area (TPSA) is 22.1 Å². The Bertz CT molecular complexity index is 173. The molecular formula is C6H7Cl2MgNO. The van der Waals surface area contributed by atoms with Crippen molar-refractivity contribution in [1.82, 2.24) is 4.98 Å². The van der Waals surface area contributed by atoms with E-state index in [0.29, 0.717) is 0 Å². The van der Waals surface area contributed by atoms with Crippen LogP contribution in [-0.4, -0.2) is 30.3 Å². The van der Waals surface area contributed by atoms with Crippen LogP contribution in [0.3, 0.4) is 0 Å². The first kappa shape index (κ1) is 11.3. The van der Waals surface area contributed by atoms with Crippen LogP contribution in [0.2, 0.25) is 0 Å². The van der Waals surface area contributed by atoms with Crippen molar-refractivity contribution in [2.75, 3.05) is 7.11 Å². The van der Waals surface area contributed by atoms with Crippen LogP contribution in [0.15, 0.2) is 24.5 Å². The van der Waals surface area contributed by atoms with Gasteiger partial charge in [-0.15, -0.1) is 0 Å². The van der Waals surface area contributed by atoms with Crippen LogP contribution in [-0.2, 0) is 0 Å². The molecule has 1 rings (SSSR count). The molecule has 0 aliphatic carbocycles. The van der Waals surface area contributed by atoms with E-state index in [9.17, 15) is 0 Å². The van der Waals surface area contributed by atoms with Gasteiger partial charge < -0.3 is 22.9 Å². The highest BCUT2D eigenvalue weighted by atomic mass is 35.6. The monoisotopic (exact) mass is 203 g/mol. The number of ether oxygens (including phenoxy) is 1. The minimum absolute atomic E-state index is 0.639. The standard InChI is InChI=1S/C6H7NO.2ClH.Mg/c1-8-6-3-2-4-7-5-6;;;/h2-5H,1H3;2*1H;/q;;;+2/p-2. The van der Waals surface area contributed by atoms with Crippen molar-refractivity contribution in [2.45, 2.75) is 0 Å². The molecule has 0 atom stereocenters. The normalized spacial score (nSPS) is 7.18. The molecular weight excluding hydrogens is 197 g/mol. The lowest BCUT2D eigenvalue weighted by Gasteiger charge is -1.93. The summed E-state index contributed by atoms with van der Waals surface area (Å²) in [7, 11) is 11.4. The fraction of sp³-hybridized carbons (Fsp3) is 0.167. The largest absolute Gasteiger partial charge is 0.618 e. The van der Waals surface area contributed by atoms with Crippen molar-refractivity contribution in [3.05, 3.63) is 24.5 Å². The fourth-order valence-electron chi connectivity index (χ4n) is 0.468. The van der Waals surface area contributed by atoms with Crippen molar-refractivity contribution in [3.8, 4) is 5.75 Å². The van der Waals surface area contributed by atoms with Gasteiger partial charge in [0.15, 0.2) is 0 Å². The minimum Gasteiger partial charge on any atom is -0.495 e. The molecule has 0 N–H and O–H groups in total. The molecule has 0 fully saturated rings. The quantitative estimate of drug-likeness (QED) is 0.653. The average Bonchev–Trinajstić information content (AvgIpc) is 2.08. The third-order valence-corrected chi connectivity index (χ3v) is 0.870. The lowest BCUT2D eigenvalue weighted by molar-refractivity contribution is 0.413. The van der Waals surface area contributed by atoms with Crippen LogP contribution >= 0.6 is 18.1 Å². The van der Waals surface area contributed by atoms with Gasteiger partial charge in [-0.25, -0.2) is 0 Å². The summed E-state index contributed by atoms with van der Waals surface area (Å²) in [4.78, 5) is 3.83. The molecule has 0 saturated heterocycles. The van der Waals surface area contributed by atoms with Crippen LogP contribution in [0.25, 0.3) is 0 Å². The van der Waals surface area contributed by atoms with Crippen molar-refractivity contribution < 1.29 is 4.74 Å². The predicted molar refractivity (Wildman–Crippen MR) is 48.2 cm³/mol. The second-order valence-corrected chi connectivity index (χ2v) is 4.12. The summed E-state index contributed by atoms with van der Waals surface area (Å²) in [6.45, 7) is 0. The van der Waals surface area contributed by atoms with Crippen LogP contribution in [0.4, 0.5) is 0 Å². The fourth-order valence-corrected chi connectivity index (χ4v) is 0.468. The maximum absolute atomic E-state index is 4.90. The number of pyridine rings is 1. The lowest BCUT2D eigenvalue weighted by Crippen LogP contribution is -1.80. The van der Waals surface area contributed by atoms with Gasteiger partial charge in [-0.2, -0.15) is 0 Å². The van der Waals surface area contributed by atoms with Crippen LogP contribution < -0.4 is 4.74 Å². The highest BCUT2D eigenvalue weighted by Gasteiger charge is 1.81. The lowest BCUT2D eigenvalue weighted by atomic mass is 10.5. The molecule has 5 heteroatoms. The van der Waals surface area contributed by atoms with Gasteiger partial charge in [0.05, 0.1) is 13.3 Å². The molecule has 0 aliphatic heterocycles. The van der Waals surface area contributed by atoms with Crippen LogP contribution in [0.5, 0.6) is 5.75 Å². The summed E-state index contributed by atoms with van der Waals surface area (Å²) in [6.07, 6.45) is 3.38. The van der Waals surface area contributed by atoms with Gasteiger partial charge in [-0.3, -0.25) is 4.98 Å². The van der Waals surface area contributed by atoms with Gasteiger partial charge in [-0.05, 0) is 12.1 Å². The predicted octanol–water partition coefficient (Wildman–Crippen LogP) is 2.09. The van der Waals surface area contributed by atoms with E-state index in [4.69, 9.17) is 22.9 Å². The molecule has 0 radical (unpaired) electrons. The molecule has 11 heavy (non-hydrogen) atoms. The summed E-state index contributed by atoms with van der Waals surface area (Å²) >= 11 is -0.639. The molecule has 58 valence electrons. The second kappa shape index (κ2) is 8.39. The highest BCUT2D eigenvalue weighted by Crippen LogP contribution is 2.02. The molecule has 2 nitrogen and oxygen atoms in total. The Balaban J connectivity index is 0.000000292. The molecule has 0 amide bonds. The van der Waals surface area contributed by atoms with Gasteiger partial charge in [0, 0.05) is 6.20 Å². The van der Waals surface area contributed by atoms with E-state index in [1.54, 1.807) is 19.5 Å². The smallest absolute Gasteiger partial charge is 0.495 e. The number of rotatable bonds is 1. The summed E-state index contributed by atoms with van der Waals surface area (Å²) in [6, 6.07) is 3.69. The minimum atomic E-state index is -0.639. The van der Waals surface area contributed by atoms with E-state index < -0.39 is 18.2 Å². The van der Waals surface area contributed by atoms with Crippen molar-refractivity contribution in [1.29, 1.82) is 0 Å². The van der Waals surface area contributed by atoms with Gasteiger partial charge in [0.2, 0.25) is 0 Å². The number of halogens is 2. The van der Waals surface area contributed by atoms with Gasteiger partial charge >= 0.3 is 18.2 Å². The maximum Gasteiger partial charge on any atom is 0.618 e. The van der Waals surface area contributed by atoms with Crippen LogP contribution in [0.1, 0.15) is 0 Å². The molecule has 1 aromatic rings. The first-order valence-electron chi connectivity index (χ1n) is 2.91. The van der Waals surface area contributed by atoms with Crippen molar-refractivity contribution in [3.63, 3.8) is 0 Å². The summed E-state index contributed by atoms with van der Waals surface area (Å²) in [5.74, 6) is 0.799. The van der Waals surface area contributed by atoms with Gasteiger partial charge in [0.25, 0.3) is 0 Å². The number of hydrogen-bond donors (Lipinski definition) is 0. The number of methoxy groups -OCH3 is 1. The molecule has 1 aromatic heterocycles. The Kier molecular flexibility index (Phi) is 8.62. The Hall–Kier alpha value is 0.296. The van der Waals surface area contributed by atoms with E-state index in [1.165, 1.54) is 0 Å². The van der Waals surface area contributed by atoms with Crippen molar-refractivity contribution in [2.24, 2.45) is 0 Å². The molecule has 0 aromatic carbocycles. The molecule has 0 aliphatic rings. The Morgan fingerprint density at radius 2 is 2.18 bits per heavy atom. The Morgan fingerprint density at radius 3 is 2.45 bits per heavy atom. The zero-order valence-electron chi connectivity index (χ0n) is 6.13. The average molecular weight is 204 g/mol. The number of hydrogen-bond acceptors (Lipinski definition) is 2. The van der Waals surface area contributed by atoms with E-state index in [-0.39, 0.29) is 0 Å². The Labute approximate surface area is 83.1 Å². The summed E-state index contributed by atoms with van der Waals surface area (Å²) < 4.78 is 4.85. The Morgan fingerprint density at radius 1 is 1.55 bits per heavy atom. The summed E-state index contributed by atoms with van der Waals surface area (Å²) in [5.41, 5.74) is 0. The number of aromatic nitrogens is 1. The molecule has 0 unspecified atom stereocenters. The zero-order chi connectivity index (χ0) is 8.53. The van der Waals surface area contributed by atoms with E-state index in [2.05, 4.69) is 4.98 Å². The highest BCUT2D eigenvalue weighted by molar-refractivity contribution is 7.22. The van der Waals surface area contributed by atoms with Gasteiger partial charge in [-0.1, -0.05) is 0 Å². The number of nitrogens with zero attached hydrogens (tertiary/aromatic N) is 1. The second-order valence-electron chi connectivity index (χ2n) is 1.49. The summed E-state index contributed by atoms with van der Waals surface area (Å²) in [5, 5.41) is 0. The first-order valence-corrected chi connectivity index (χ1v) is 7.18. The molecule has 0 spiro atoms. The SMILES string of the molecule is COc1cccnc1.[Cl][Mg][Cl]. The molecule has 0 saturated carbocycles. The zero-order valence-corrected chi connectivity index (χ0v) is 9.05. The van der Waals surface area contributed by atoms with E-state index in [1.807, 2.05) is 12.1 Å². The third kappa shape index (κ3) is 6.68. The van der Waals surface area contributed by atoms with E-state index >= 15 is 0 Å².